The molecule has 1 aromatic rings. The SMILES string of the molecule is Cc1ccc(O)c(C(=O)O[C@H](C)C(=O)NC(N)=O)c1. The van der Waals surface area contributed by atoms with Crippen LogP contribution in [-0.4, -0.2) is 29.1 Å². The predicted octanol–water partition coefficient (Wildman–Crippen LogP) is 0.441. The van der Waals surface area contributed by atoms with Gasteiger partial charge in [0.1, 0.15) is 11.3 Å². The number of ether oxygens (including phenoxy) is 1. The molecule has 0 heterocycles. The summed E-state index contributed by atoms with van der Waals surface area (Å²) in [6.07, 6.45) is -1.21. The van der Waals surface area contributed by atoms with E-state index in [1.54, 1.807) is 18.3 Å². The van der Waals surface area contributed by atoms with Gasteiger partial charge in [-0.3, -0.25) is 10.1 Å². The number of rotatable bonds is 3. The molecule has 7 heteroatoms. The summed E-state index contributed by atoms with van der Waals surface area (Å²) in [5, 5.41) is 11.3. The van der Waals surface area contributed by atoms with Crippen molar-refractivity contribution in [1.82, 2.24) is 5.32 Å². The second kappa shape index (κ2) is 5.85. The van der Waals surface area contributed by atoms with Crippen LogP contribution in [-0.2, 0) is 9.53 Å². The van der Waals surface area contributed by atoms with E-state index in [9.17, 15) is 19.5 Å². The first-order chi connectivity index (χ1) is 8.81. The molecule has 1 rings (SSSR count). The summed E-state index contributed by atoms with van der Waals surface area (Å²) in [5.41, 5.74) is 5.46. The Morgan fingerprint density at radius 2 is 2.00 bits per heavy atom. The number of primary amides is 1. The van der Waals surface area contributed by atoms with Crippen LogP contribution < -0.4 is 11.1 Å². The average Bonchev–Trinajstić information content (AvgIpc) is 2.31. The van der Waals surface area contributed by atoms with Crippen LogP contribution >= 0.6 is 0 Å². The van der Waals surface area contributed by atoms with E-state index in [1.165, 1.54) is 19.1 Å². The van der Waals surface area contributed by atoms with Crippen molar-refractivity contribution in [2.75, 3.05) is 0 Å². The summed E-state index contributed by atoms with van der Waals surface area (Å²) >= 11 is 0. The van der Waals surface area contributed by atoms with Gasteiger partial charge in [-0.05, 0) is 26.0 Å². The Morgan fingerprint density at radius 1 is 1.37 bits per heavy atom. The summed E-state index contributed by atoms with van der Waals surface area (Å²) in [7, 11) is 0. The van der Waals surface area contributed by atoms with Gasteiger partial charge in [-0.2, -0.15) is 0 Å². The van der Waals surface area contributed by atoms with Crippen molar-refractivity contribution in [3.05, 3.63) is 29.3 Å². The zero-order chi connectivity index (χ0) is 14.6. The van der Waals surface area contributed by atoms with Crippen LogP contribution in [0.4, 0.5) is 4.79 Å². The highest BCUT2D eigenvalue weighted by molar-refractivity contribution is 5.98. The van der Waals surface area contributed by atoms with Crippen molar-refractivity contribution < 1.29 is 24.2 Å². The minimum Gasteiger partial charge on any atom is -0.507 e. The molecule has 4 N–H and O–H groups in total. The third-order valence-electron chi connectivity index (χ3n) is 2.27. The molecule has 102 valence electrons. The van der Waals surface area contributed by atoms with Gasteiger partial charge in [0.05, 0.1) is 0 Å². The number of urea groups is 1. The number of phenolic OH excluding ortho intramolecular Hbond substituents is 1. The number of aromatic hydroxyl groups is 1. The molecule has 0 unspecified atom stereocenters. The van der Waals surface area contributed by atoms with E-state index >= 15 is 0 Å². The van der Waals surface area contributed by atoms with E-state index in [1.807, 2.05) is 0 Å². The highest BCUT2D eigenvalue weighted by Crippen LogP contribution is 2.19. The lowest BCUT2D eigenvalue weighted by Crippen LogP contribution is -2.42. The van der Waals surface area contributed by atoms with Crippen molar-refractivity contribution in [3.63, 3.8) is 0 Å². The molecule has 19 heavy (non-hydrogen) atoms. The summed E-state index contributed by atoms with van der Waals surface area (Å²) < 4.78 is 4.82. The Hall–Kier alpha value is -2.57. The van der Waals surface area contributed by atoms with Gasteiger partial charge in [0.15, 0.2) is 6.10 Å². The smallest absolute Gasteiger partial charge is 0.342 e. The van der Waals surface area contributed by atoms with Gasteiger partial charge < -0.3 is 15.6 Å². The number of hydrogen-bond donors (Lipinski definition) is 3. The number of benzene rings is 1. The highest BCUT2D eigenvalue weighted by atomic mass is 16.5. The number of imide groups is 1. The fourth-order valence-corrected chi connectivity index (χ4v) is 1.31. The van der Waals surface area contributed by atoms with Crippen LogP contribution in [0.3, 0.4) is 0 Å². The molecule has 3 amide bonds. The summed E-state index contributed by atoms with van der Waals surface area (Å²) in [6, 6.07) is 3.36. The molecule has 0 saturated heterocycles. The van der Waals surface area contributed by atoms with Gasteiger partial charge in [0, 0.05) is 0 Å². The van der Waals surface area contributed by atoms with Crippen molar-refractivity contribution >= 4 is 17.9 Å². The Morgan fingerprint density at radius 3 is 2.58 bits per heavy atom. The number of hydrogen-bond acceptors (Lipinski definition) is 5. The molecule has 0 fully saturated rings. The maximum atomic E-state index is 11.7. The molecule has 0 radical (unpaired) electrons. The molecule has 0 bridgehead atoms. The molecule has 1 aromatic carbocycles. The van der Waals surface area contributed by atoms with Crippen LogP contribution in [0.2, 0.25) is 0 Å². The monoisotopic (exact) mass is 266 g/mol. The van der Waals surface area contributed by atoms with Crippen molar-refractivity contribution in [2.45, 2.75) is 20.0 Å². The minimum atomic E-state index is -1.21. The van der Waals surface area contributed by atoms with Crippen LogP contribution in [0.15, 0.2) is 18.2 Å². The maximum Gasteiger partial charge on any atom is 0.342 e. The second-order valence-corrected chi connectivity index (χ2v) is 3.92. The number of nitrogens with two attached hydrogens (primary N) is 1. The third-order valence-corrected chi connectivity index (χ3v) is 2.27. The van der Waals surface area contributed by atoms with E-state index in [2.05, 4.69) is 0 Å². The zero-order valence-electron chi connectivity index (χ0n) is 10.5. The Labute approximate surface area is 109 Å². The molecule has 7 nitrogen and oxygen atoms in total. The number of phenols is 1. The van der Waals surface area contributed by atoms with Crippen molar-refractivity contribution in [2.24, 2.45) is 5.73 Å². The zero-order valence-corrected chi connectivity index (χ0v) is 10.5. The van der Waals surface area contributed by atoms with Crippen LogP contribution in [0.5, 0.6) is 5.75 Å². The number of carbonyl (C=O) groups excluding carboxylic acids is 3. The quantitative estimate of drug-likeness (QED) is 0.686. The first-order valence-electron chi connectivity index (χ1n) is 5.42. The molecule has 0 aliphatic heterocycles. The third kappa shape index (κ3) is 3.98. The van der Waals surface area contributed by atoms with Gasteiger partial charge in [0.2, 0.25) is 0 Å². The fourth-order valence-electron chi connectivity index (χ4n) is 1.31. The standard InChI is InChI=1S/C12H14N2O5/c1-6-3-4-9(15)8(5-6)11(17)19-7(2)10(16)14-12(13)18/h3-5,7,15H,1-2H3,(H3,13,14,16,18)/t7-/m1/s1. The van der Waals surface area contributed by atoms with Gasteiger partial charge in [-0.25, -0.2) is 9.59 Å². The summed E-state index contributed by atoms with van der Waals surface area (Å²) in [6.45, 7) is 3.02. The van der Waals surface area contributed by atoms with E-state index in [4.69, 9.17) is 10.5 Å². The molecular weight excluding hydrogens is 252 g/mol. The molecule has 1 atom stereocenters. The van der Waals surface area contributed by atoms with Crippen LogP contribution in [0.25, 0.3) is 0 Å². The van der Waals surface area contributed by atoms with Gasteiger partial charge in [0.25, 0.3) is 5.91 Å². The Balaban J connectivity index is 2.77. The second-order valence-electron chi connectivity index (χ2n) is 3.92. The number of amides is 3. The normalized spacial score (nSPS) is 11.5. The lowest BCUT2D eigenvalue weighted by Gasteiger charge is -2.12. The molecule has 0 spiro atoms. The number of aryl methyl sites for hydroxylation is 1. The van der Waals surface area contributed by atoms with Crippen LogP contribution in [0.1, 0.15) is 22.8 Å². The van der Waals surface area contributed by atoms with Crippen molar-refractivity contribution in [3.8, 4) is 5.75 Å². The number of carbonyl (C=O) groups is 3. The molecular formula is C12H14N2O5. The van der Waals surface area contributed by atoms with Gasteiger partial charge in [-0.1, -0.05) is 11.6 Å². The maximum absolute atomic E-state index is 11.7. The molecule has 0 aliphatic carbocycles. The van der Waals surface area contributed by atoms with Crippen molar-refractivity contribution in [1.29, 1.82) is 0 Å². The van der Waals surface area contributed by atoms with Gasteiger partial charge in [-0.15, -0.1) is 0 Å². The van der Waals surface area contributed by atoms with Gasteiger partial charge >= 0.3 is 12.0 Å². The number of esters is 1. The fraction of sp³-hybridized carbons (Fsp3) is 0.250. The average molecular weight is 266 g/mol. The first kappa shape index (κ1) is 14.5. The largest absolute Gasteiger partial charge is 0.507 e. The lowest BCUT2D eigenvalue weighted by molar-refractivity contribution is -0.127. The summed E-state index contributed by atoms with van der Waals surface area (Å²) in [4.78, 5) is 33.5. The molecule has 0 saturated carbocycles. The molecule has 0 aromatic heterocycles. The topological polar surface area (TPSA) is 119 Å². The van der Waals surface area contributed by atoms with E-state index in [0.29, 0.717) is 0 Å². The summed E-state index contributed by atoms with van der Waals surface area (Å²) in [5.74, 6) is -1.96. The Bertz CT molecular complexity index is 527. The highest BCUT2D eigenvalue weighted by Gasteiger charge is 2.21. The Kier molecular flexibility index (Phi) is 4.46. The van der Waals surface area contributed by atoms with E-state index in [0.717, 1.165) is 5.56 Å². The predicted molar refractivity (Wildman–Crippen MR) is 65.4 cm³/mol. The van der Waals surface area contributed by atoms with Crippen LogP contribution in [0, 0.1) is 6.92 Å². The van der Waals surface area contributed by atoms with E-state index < -0.39 is 24.0 Å². The van der Waals surface area contributed by atoms with E-state index in [-0.39, 0.29) is 11.3 Å². The minimum absolute atomic E-state index is 0.0567. The molecule has 0 aliphatic rings. The first-order valence-corrected chi connectivity index (χ1v) is 5.42. The lowest BCUT2D eigenvalue weighted by atomic mass is 10.1. The number of nitrogens with one attached hydrogen (secondary N) is 1.